The highest BCUT2D eigenvalue weighted by molar-refractivity contribution is 7.89. The van der Waals surface area contributed by atoms with E-state index >= 15 is 0 Å². The lowest BCUT2D eigenvalue weighted by Gasteiger charge is -2.28. The average Bonchev–Trinajstić information content (AvgIpc) is 3.33. The first-order chi connectivity index (χ1) is 13.2. The summed E-state index contributed by atoms with van der Waals surface area (Å²) in [4.78, 5) is 0.0647. The van der Waals surface area contributed by atoms with Gasteiger partial charge in [-0.2, -0.15) is 27.8 Å². The third-order valence-electron chi connectivity index (χ3n) is 4.80. The van der Waals surface area contributed by atoms with E-state index in [9.17, 15) is 21.6 Å². The molecule has 1 fully saturated rings. The fourth-order valence-corrected chi connectivity index (χ4v) is 5.04. The van der Waals surface area contributed by atoms with Crippen LogP contribution in [-0.2, 0) is 22.7 Å². The van der Waals surface area contributed by atoms with E-state index in [1.54, 1.807) is 0 Å². The fourth-order valence-electron chi connectivity index (χ4n) is 3.37. The van der Waals surface area contributed by atoms with Crippen LogP contribution in [0.3, 0.4) is 0 Å². The summed E-state index contributed by atoms with van der Waals surface area (Å²) in [7, 11) is -3.84. The number of rotatable bonds is 6. The molecule has 1 aliphatic carbocycles. The Morgan fingerprint density at radius 3 is 2.36 bits per heavy atom. The van der Waals surface area contributed by atoms with Crippen molar-refractivity contribution in [1.82, 2.24) is 14.1 Å². The molecule has 1 heterocycles. The summed E-state index contributed by atoms with van der Waals surface area (Å²) in [5.41, 5.74) is -0.655. The molecule has 1 saturated carbocycles. The van der Waals surface area contributed by atoms with E-state index in [-0.39, 0.29) is 24.0 Å². The molecule has 6 nitrogen and oxygen atoms in total. The number of benzene rings is 1. The van der Waals surface area contributed by atoms with Crippen LogP contribution in [0, 0.1) is 11.3 Å². The second-order valence-electron chi connectivity index (χ2n) is 6.65. The number of nitriles is 1. The number of halogens is 3. The summed E-state index contributed by atoms with van der Waals surface area (Å²) in [6.45, 7) is 0.0358. The molecule has 0 spiro atoms. The van der Waals surface area contributed by atoms with Crippen molar-refractivity contribution in [2.24, 2.45) is 0 Å². The molecule has 2 aromatic rings. The Morgan fingerprint density at radius 2 is 1.82 bits per heavy atom. The van der Waals surface area contributed by atoms with Crippen LogP contribution in [0.25, 0.3) is 0 Å². The molecule has 28 heavy (non-hydrogen) atoms. The lowest BCUT2D eigenvalue weighted by Crippen LogP contribution is -2.40. The van der Waals surface area contributed by atoms with Gasteiger partial charge in [-0.25, -0.2) is 8.42 Å². The largest absolute Gasteiger partial charge is 0.435 e. The molecule has 0 bridgehead atoms. The van der Waals surface area contributed by atoms with E-state index in [1.165, 1.54) is 34.8 Å². The molecule has 150 valence electrons. The standard InChI is InChI=1S/C18H19F3N4O2S/c19-18(20,21)17-9-10-24(23-17)11-12-25(15-3-1-2-4-15)28(26,27)16-7-5-14(13-22)6-8-16/h5-10,15H,1-4,11-12H2. The van der Waals surface area contributed by atoms with Gasteiger partial charge in [-0.15, -0.1) is 0 Å². The quantitative estimate of drug-likeness (QED) is 0.728. The van der Waals surface area contributed by atoms with Crippen LogP contribution in [0.1, 0.15) is 36.9 Å². The van der Waals surface area contributed by atoms with Crippen LogP contribution < -0.4 is 0 Å². The zero-order chi connectivity index (χ0) is 20.4. The van der Waals surface area contributed by atoms with Crippen LogP contribution >= 0.6 is 0 Å². The number of sulfonamides is 1. The summed E-state index contributed by atoms with van der Waals surface area (Å²) in [6.07, 6.45) is -0.103. The molecule has 0 amide bonds. The summed E-state index contributed by atoms with van der Waals surface area (Å²) in [5, 5.41) is 12.4. The molecule has 0 N–H and O–H groups in total. The number of alkyl halides is 3. The Balaban J connectivity index is 1.82. The molecule has 3 rings (SSSR count). The first-order valence-corrected chi connectivity index (χ1v) is 10.3. The van der Waals surface area contributed by atoms with Gasteiger partial charge in [0.15, 0.2) is 5.69 Å². The second kappa shape index (κ2) is 7.93. The van der Waals surface area contributed by atoms with E-state index in [1.807, 2.05) is 6.07 Å². The topological polar surface area (TPSA) is 79.0 Å². The summed E-state index contributed by atoms with van der Waals surface area (Å²) < 4.78 is 66.9. The minimum absolute atomic E-state index is 0.0160. The van der Waals surface area contributed by atoms with Crippen LogP contribution in [-0.4, -0.2) is 35.1 Å². The van der Waals surface area contributed by atoms with E-state index in [0.717, 1.165) is 23.6 Å². The van der Waals surface area contributed by atoms with E-state index in [2.05, 4.69) is 5.10 Å². The molecule has 0 unspecified atom stereocenters. The molecule has 10 heteroatoms. The monoisotopic (exact) mass is 412 g/mol. The third-order valence-corrected chi connectivity index (χ3v) is 6.77. The Kier molecular flexibility index (Phi) is 5.76. The molecule has 0 atom stereocenters. The summed E-state index contributed by atoms with van der Waals surface area (Å²) in [5.74, 6) is 0. The Hall–Kier alpha value is -2.38. The van der Waals surface area contributed by atoms with Crippen molar-refractivity contribution >= 4 is 10.0 Å². The fraction of sp³-hybridized carbons (Fsp3) is 0.444. The van der Waals surface area contributed by atoms with Crippen LogP contribution in [0.5, 0.6) is 0 Å². The molecule has 0 radical (unpaired) electrons. The van der Waals surface area contributed by atoms with Gasteiger partial charge in [-0.3, -0.25) is 4.68 Å². The van der Waals surface area contributed by atoms with Gasteiger partial charge in [0.2, 0.25) is 10.0 Å². The minimum Gasteiger partial charge on any atom is -0.271 e. The van der Waals surface area contributed by atoms with Gasteiger partial charge in [0, 0.05) is 18.8 Å². The van der Waals surface area contributed by atoms with Gasteiger partial charge < -0.3 is 0 Å². The van der Waals surface area contributed by atoms with Crippen LogP contribution in [0.4, 0.5) is 13.2 Å². The SMILES string of the molecule is N#Cc1ccc(S(=O)(=O)N(CCn2ccc(C(F)(F)F)n2)C2CCCC2)cc1. The van der Waals surface area contributed by atoms with Gasteiger partial charge in [-0.1, -0.05) is 12.8 Å². The van der Waals surface area contributed by atoms with Gasteiger partial charge in [0.1, 0.15) is 0 Å². The van der Waals surface area contributed by atoms with E-state index < -0.39 is 21.9 Å². The highest BCUT2D eigenvalue weighted by Gasteiger charge is 2.35. The smallest absolute Gasteiger partial charge is 0.271 e. The van der Waals surface area contributed by atoms with E-state index in [4.69, 9.17) is 5.26 Å². The second-order valence-corrected chi connectivity index (χ2v) is 8.54. The van der Waals surface area contributed by atoms with Gasteiger partial charge in [0.25, 0.3) is 0 Å². The predicted octanol–water partition coefficient (Wildman–Crippen LogP) is 3.41. The van der Waals surface area contributed by atoms with Crippen molar-refractivity contribution in [3.05, 3.63) is 47.8 Å². The molecular weight excluding hydrogens is 393 g/mol. The molecular formula is C18H19F3N4O2S. The van der Waals surface area contributed by atoms with Crippen molar-refractivity contribution in [3.63, 3.8) is 0 Å². The van der Waals surface area contributed by atoms with Crippen molar-refractivity contribution < 1.29 is 21.6 Å². The number of aromatic nitrogens is 2. The normalized spacial score (nSPS) is 15.8. The molecule has 1 aliphatic rings. The molecule has 0 aliphatic heterocycles. The van der Waals surface area contributed by atoms with Gasteiger partial charge >= 0.3 is 6.18 Å². The average molecular weight is 412 g/mol. The Bertz CT molecular complexity index is 956. The first kappa shape index (κ1) is 20.4. The van der Waals surface area contributed by atoms with Gasteiger partial charge in [-0.05, 0) is 43.2 Å². The molecule has 1 aromatic carbocycles. The zero-order valence-corrected chi connectivity index (χ0v) is 15.7. The zero-order valence-electron chi connectivity index (χ0n) is 14.9. The summed E-state index contributed by atoms with van der Waals surface area (Å²) >= 11 is 0. The summed E-state index contributed by atoms with van der Waals surface area (Å²) in [6, 6.07) is 8.24. The highest BCUT2D eigenvalue weighted by atomic mass is 32.2. The van der Waals surface area contributed by atoms with Crippen LogP contribution in [0.15, 0.2) is 41.4 Å². The number of hydrogen-bond donors (Lipinski definition) is 0. The lowest BCUT2D eigenvalue weighted by atomic mass is 10.2. The third kappa shape index (κ3) is 4.36. The number of nitrogens with zero attached hydrogens (tertiary/aromatic N) is 4. The maximum absolute atomic E-state index is 13.1. The maximum atomic E-state index is 13.1. The highest BCUT2D eigenvalue weighted by Crippen LogP contribution is 2.29. The van der Waals surface area contributed by atoms with Crippen molar-refractivity contribution in [2.75, 3.05) is 6.54 Å². The number of hydrogen-bond acceptors (Lipinski definition) is 4. The van der Waals surface area contributed by atoms with Crippen LogP contribution in [0.2, 0.25) is 0 Å². The molecule has 1 aromatic heterocycles. The minimum atomic E-state index is -4.54. The molecule has 0 saturated heterocycles. The lowest BCUT2D eigenvalue weighted by molar-refractivity contribution is -0.141. The predicted molar refractivity (Wildman–Crippen MR) is 94.5 cm³/mol. The van der Waals surface area contributed by atoms with Crippen molar-refractivity contribution in [1.29, 1.82) is 5.26 Å². The van der Waals surface area contributed by atoms with Crippen molar-refractivity contribution in [2.45, 2.75) is 49.3 Å². The van der Waals surface area contributed by atoms with Gasteiger partial charge in [0.05, 0.1) is 23.1 Å². The Labute approximate surface area is 161 Å². The maximum Gasteiger partial charge on any atom is 0.435 e. The van der Waals surface area contributed by atoms with E-state index in [0.29, 0.717) is 18.4 Å². The Morgan fingerprint density at radius 1 is 1.18 bits per heavy atom. The van der Waals surface area contributed by atoms with Crippen molar-refractivity contribution in [3.8, 4) is 6.07 Å². The first-order valence-electron chi connectivity index (χ1n) is 8.84.